The molecule has 172 valence electrons. The fourth-order valence-corrected chi connectivity index (χ4v) is 3.63. The third kappa shape index (κ3) is 5.80. The molecule has 3 aromatic rings. The maximum Gasteiger partial charge on any atom is 0.230 e. The Morgan fingerprint density at radius 2 is 1.97 bits per heavy atom. The van der Waals surface area contributed by atoms with Gasteiger partial charge in [0.2, 0.25) is 16.0 Å². The topological polar surface area (TPSA) is 123 Å². The number of anilines is 5. The Balaban J connectivity index is 1.93. The highest BCUT2D eigenvalue weighted by Gasteiger charge is 2.15. The zero-order valence-electron chi connectivity index (χ0n) is 18.5. The molecule has 0 fully saturated rings. The van der Waals surface area contributed by atoms with Crippen LogP contribution in [-0.4, -0.2) is 41.5 Å². The molecule has 32 heavy (non-hydrogen) atoms. The molecule has 0 aliphatic heterocycles. The van der Waals surface area contributed by atoms with Crippen LogP contribution in [0.4, 0.5) is 29.0 Å². The van der Waals surface area contributed by atoms with E-state index in [1.807, 2.05) is 17.7 Å². The van der Waals surface area contributed by atoms with Gasteiger partial charge in [-0.05, 0) is 32.4 Å². The van der Waals surface area contributed by atoms with Crippen molar-refractivity contribution in [2.45, 2.75) is 33.2 Å². The van der Waals surface area contributed by atoms with E-state index < -0.39 is 10.0 Å². The summed E-state index contributed by atoms with van der Waals surface area (Å²) in [6.45, 7) is 6.08. The number of hydrogen-bond acceptors (Lipinski definition) is 8. The van der Waals surface area contributed by atoms with Crippen LogP contribution in [0, 0.1) is 6.92 Å². The first-order valence-electron chi connectivity index (χ1n) is 9.88. The molecule has 0 radical (unpaired) electrons. The Labute approximate surface area is 192 Å². The lowest BCUT2D eigenvalue weighted by Gasteiger charge is -2.16. The van der Waals surface area contributed by atoms with Crippen LogP contribution in [0.5, 0.6) is 5.75 Å². The molecular weight excluding hydrogens is 454 g/mol. The zero-order chi connectivity index (χ0) is 23.5. The molecule has 0 saturated carbocycles. The number of methoxy groups -OCH3 is 1. The number of halogens is 1. The molecule has 1 atom stereocenters. The average Bonchev–Trinajstić information content (AvgIpc) is 3.10. The van der Waals surface area contributed by atoms with E-state index in [0.29, 0.717) is 28.9 Å². The summed E-state index contributed by atoms with van der Waals surface area (Å²) < 4.78 is 33.1. The molecular formula is C20H26ClN7O3S. The number of benzene rings is 1. The van der Waals surface area contributed by atoms with Gasteiger partial charge < -0.3 is 15.4 Å². The summed E-state index contributed by atoms with van der Waals surface area (Å²) in [5, 5.41) is 11.0. The quantitative estimate of drug-likeness (QED) is 0.410. The SMILES string of the molecule is CCC(C)n1nc(C)cc1Nc1ncc(Cl)c(Nc2ccc(OC)cc2NS(C)(=O)=O)n1. The maximum atomic E-state index is 11.8. The van der Waals surface area contributed by atoms with Gasteiger partial charge in [0.05, 0.1) is 42.7 Å². The Bertz CT molecular complexity index is 1210. The Hall–Kier alpha value is -3.05. The van der Waals surface area contributed by atoms with E-state index >= 15 is 0 Å². The summed E-state index contributed by atoms with van der Waals surface area (Å²) in [4.78, 5) is 8.72. The van der Waals surface area contributed by atoms with E-state index in [1.54, 1.807) is 18.2 Å². The third-order valence-electron chi connectivity index (χ3n) is 4.63. The van der Waals surface area contributed by atoms with Crippen molar-refractivity contribution in [3.8, 4) is 5.75 Å². The van der Waals surface area contributed by atoms with E-state index in [2.05, 4.69) is 44.3 Å². The second-order valence-corrected chi connectivity index (χ2v) is 9.45. The van der Waals surface area contributed by atoms with Gasteiger partial charge >= 0.3 is 0 Å². The molecule has 0 amide bonds. The van der Waals surface area contributed by atoms with Gasteiger partial charge in [0.25, 0.3) is 0 Å². The lowest BCUT2D eigenvalue weighted by atomic mass is 10.2. The van der Waals surface area contributed by atoms with Gasteiger partial charge in [-0.2, -0.15) is 10.1 Å². The van der Waals surface area contributed by atoms with Crippen molar-refractivity contribution in [2.75, 3.05) is 28.7 Å². The van der Waals surface area contributed by atoms with Gasteiger partial charge in [0, 0.05) is 12.1 Å². The highest BCUT2D eigenvalue weighted by Crippen LogP contribution is 2.32. The second kappa shape index (κ2) is 9.61. The number of aryl methyl sites for hydroxylation is 1. The summed E-state index contributed by atoms with van der Waals surface area (Å²) in [6, 6.07) is 7.02. The van der Waals surface area contributed by atoms with Crippen LogP contribution >= 0.6 is 11.6 Å². The van der Waals surface area contributed by atoms with E-state index in [0.717, 1.165) is 24.2 Å². The Kier molecular flexibility index (Phi) is 7.09. The molecule has 2 heterocycles. The van der Waals surface area contributed by atoms with Gasteiger partial charge in [-0.3, -0.25) is 4.72 Å². The molecule has 12 heteroatoms. The highest BCUT2D eigenvalue weighted by molar-refractivity contribution is 7.92. The van der Waals surface area contributed by atoms with Gasteiger partial charge in [-0.25, -0.2) is 18.1 Å². The third-order valence-corrected chi connectivity index (χ3v) is 5.49. The number of rotatable bonds is 9. The molecule has 1 aromatic carbocycles. The summed E-state index contributed by atoms with van der Waals surface area (Å²) in [5.74, 6) is 1.87. The van der Waals surface area contributed by atoms with E-state index in [4.69, 9.17) is 16.3 Å². The van der Waals surface area contributed by atoms with Crippen molar-refractivity contribution in [1.29, 1.82) is 0 Å². The minimum Gasteiger partial charge on any atom is -0.497 e. The minimum absolute atomic E-state index is 0.194. The lowest BCUT2D eigenvalue weighted by molar-refractivity contribution is 0.415. The summed E-state index contributed by atoms with van der Waals surface area (Å²) >= 11 is 6.31. The highest BCUT2D eigenvalue weighted by atomic mass is 35.5. The summed E-state index contributed by atoms with van der Waals surface area (Å²) in [7, 11) is -2.02. The molecule has 0 spiro atoms. The van der Waals surface area contributed by atoms with Gasteiger partial charge in [0.1, 0.15) is 16.6 Å². The monoisotopic (exact) mass is 479 g/mol. The number of ether oxygens (including phenoxy) is 1. The first-order valence-corrected chi connectivity index (χ1v) is 12.1. The smallest absolute Gasteiger partial charge is 0.230 e. The molecule has 0 saturated heterocycles. The van der Waals surface area contributed by atoms with Crippen LogP contribution in [0.1, 0.15) is 32.0 Å². The van der Waals surface area contributed by atoms with Gasteiger partial charge in [0.15, 0.2) is 5.82 Å². The largest absolute Gasteiger partial charge is 0.497 e. The minimum atomic E-state index is -3.52. The second-order valence-electron chi connectivity index (χ2n) is 7.30. The molecule has 3 rings (SSSR count). The predicted molar refractivity (Wildman–Crippen MR) is 127 cm³/mol. The zero-order valence-corrected chi connectivity index (χ0v) is 20.0. The van der Waals surface area contributed by atoms with Crippen LogP contribution in [0.25, 0.3) is 0 Å². The first-order chi connectivity index (χ1) is 15.1. The molecule has 10 nitrogen and oxygen atoms in total. The van der Waals surface area contributed by atoms with Crippen molar-refractivity contribution in [1.82, 2.24) is 19.7 Å². The van der Waals surface area contributed by atoms with Gasteiger partial charge in [-0.15, -0.1) is 0 Å². The standard InChI is InChI=1S/C20H26ClN7O3S/c1-6-13(3)28-18(9-12(2)26-28)24-20-22-11-15(21)19(25-20)23-16-8-7-14(31-4)10-17(16)27-32(5,29)30/h7-11,13,27H,6H2,1-5H3,(H2,22,23,24,25). The number of nitrogens with zero attached hydrogens (tertiary/aromatic N) is 4. The normalized spacial score (nSPS) is 12.3. The van der Waals surface area contributed by atoms with Crippen LogP contribution in [0.15, 0.2) is 30.5 Å². The summed E-state index contributed by atoms with van der Waals surface area (Å²) in [5.41, 5.74) is 1.61. The molecule has 0 aliphatic carbocycles. The number of aromatic nitrogens is 4. The van der Waals surface area contributed by atoms with Crippen LogP contribution in [-0.2, 0) is 10.0 Å². The Morgan fingerprint density at radius 1 is 1.22 bits per heavy atom. The van der Waals surface area contributed by atoms with Crippen LogP contribution in [0.2, 0.25) is 5.02 Å². The van der Waals surface area contributed by atoms with Crippen molar-refractivity contribution in [2.24, 2.45) is 0 Å². The summed E-state index contributed by atoms with van der Waals surface area (Å²) in [6.07, 6.45) is 3.44. The molecule has 1 unspecified atom stereocenters. The first kappa shape index (κ1) is 23.6. The van der Waals surface area contributed by atoms with Crippen molar-refractivity contribution in [3.05, 3.63) is 41.2 Å². The predicted octanol–water partition coefficient (Wildman–Crippen LogP) is 4.47. The molecule has 0 aliphatic rings. The van der Waals surface area contributed by atoms with Crippen LogP contribution in [0.3, 0.4) is 0 Å². The fraction of sp³-hybridized carbons (Fsp3) is 0.350. The Morgan fingerprint density at radius 3 is 2.62 bits per heavy atom. The fourth-order valence-electron chi connectivity index (χ4n) is 2.92. The number of sulfonamides is 1. The molecule has 3 N–H and O–H groups in total. The van der Waals surface area contributed by atoms with E-state index in [-0.39, 0.29) is 11.1 Å². The average molecular weight is 480 g/mol. The molecule has 0 bridgehead atoms. The van der Waals surface area contributed by atoms with Crippen molar-refractivity contribution in [3.63, 3.8) is 0 Å². The van der Waals surface area contributed by atoms with Gasteiger partial charge in [-0.1, -0.05) is 18.5 Å². The van der Waals surface area contributed by atoms with Crippen LogP contribution < -0.4 is 20.1 Å². The lowest BCUT2D eigenvalue weighted by Crippen LogP contribution is -2.12. The number of hydrogen-bond donors (Lipinski definition) is 3. The maximum absolute atomic E-state index is 11.8. The van der Waals surface area contributed by atoms with E-state index in [1.165, 1.54) is 13.3 Å². The number of nitrogens with one attached hydrogen (secondary N) is 3. The van der Waals surface area contributed by atoms with Crippen molar-refractivity contribution >= 4 is 50.6 Å². The van der Waals surface area contributed by atoms with Crippen molar-refractivity contribution < 1.29 is 13.2 Å². The van der Waals surface area contributed by atoms with E-state index in [9.17, 15) is 8.42 Å². The molecule has 2 aromatic heterocycles.